The largest absolute Gasteiger partial charge is 0.494 e. The first kappa shape index (κ1) is 21.0. The second kappa shape index (κ2) is 10.1. The van der Waals surface area contributed by atoms with Crippen LogP contribution in [-0.2, 0) is 4.79 Å². The second-order valence-corrected chi connectivity index (χ2v) is 7.70. The molecule has 0 spiro atoms. The van der Waals surface area contributed by atoms with Gasteiger partial charge in [0.2, 0.25) is 5.91 Å². The summed E-state index contributed by atoms with van der Waals surface area (Å²) in [5.41, 5.74) is 1.79. The summed E-state index contributed by atoms with van der Waals surface area (Å²) in [6.07, 6.45) is 5.18. The number of carbonyl (C=O) groups is 1. The second-order valence-electron chi connectivity index (χ2n) is 5.84. The van der Waals surface area contributed by atoms with Crippen molar-refractivity contribution in [2.45, 2.75) is 12.1 Å². The van der Waals surface area contributed by atoms with Gasteiger partial charge in [0.25, 0.3) is 0 Å². The number of nitrogens with zero attached hydrogens (tertiary/aromatic N) is 3. The van der Waals surface area contributed by atoms with Crippen LogP contribution in [0.3, 0.4) is 0 Å². The lowest BCUT2D eigenvalue weighted by Gasteiger charge is -2.11. The molecule has 0 saturated heterocycles. The lowest BCUT2D eigenvalue weighted by atomic mass is 10.2. The summed E-state index contributed by atoms with van der Waals surface area (Å²) in [6.45, 7) is 2.75. The molecule has 1 aromatic heterocycles. The molecule has 0 fully saturated rings. The fourth-order valence-electron chi connectivity index (χ4n) is 2.57. The fraction of sp³-hybridized carbons (Fsp3) is 0.190. The van der Waals surface area contributed by atoms with Crippen LogP contribution in [0.1, 0.15) is 6.92 Å². The Kier molecular flexibility index (Phi) is 7.33. The number of hydrogen-bond acceptors (Lipinski definition) is 5. The maximum Gasteiger partial charge on any atom is 0.231 e. The van der Waals surface area contributed by atoms with Crippen molar-refractivity contribution >= 4 is 33.6 Å². The summed E-state index contributed by atoms with van der Waals surface area (Å²) >= 11 is 4.75. The number of terminal acetylenes is 1. The number of rotatable bonds is 8. The molecule has 0 atom stereocenters. The Bertz CT molecular complexity index is 1010. The van der Waals surface area contributed by atoms with E-state index in [1.54, 1.807) is 0 Å². The number of hydrogen-bond donors (Lipinski definition) is 1. The summed E-state index contributed by atoms with van der Waals surface area (Å²) in [4.78, 5) is 11.9. The third kappa shape index (κ3) is 5.40. The zero-order valence-electron chi connectivity index (χ0n) is 15.8. The SMILES string of the molecule is C#CCNC(=O)CSc1nnc(-c2ccc(Br)cc2)n1-c1ccc(OCC)cc1. The van der Waals surface area contributed by atoms with Gasteiger partial charge < -0.3 is 10.1 Å². The lowest BCUT2D eigenvalue weighted by Crippen LogP contribution is -2.25. The lowest BCUT2D eigenvalue weighted by molar-refractivity contribution is -0.118. The first-order valence-electron chi connectivity index (χ1n) is 8.90. The molecule has 29 heavy (non-hydrogen) atoms. The average Bonchev–Trinajstić information content (AvgIpc) is 3.16. The van der Waals surface area contributed by atoms with Crippen LogP contribution in [0.2, 0.25) is 0 Å². The molecule has 6 nitrogen and oxygen atoms in total. The first-order valence-corrected chi connectivity index (χ1v) is 10.7. The van der Waals surface area contributed by atoms with E-state index in [-0.39, 0.29) is 18.2 Å². The molecule has 3 aromatic rings. The number of ether oxygens (including phenoxy) is 1. The predicted octanol–water partition coefficient (Wildman–Crippen LogP) is 3.94. The average molecular weight is 471 g/mol. The van der Waals surface area contributed by atoms with E-state index in [1.807, 2.05) is 60.0 Å². The third-order valence-corrected chi connectivity index (χ3v) is 5.32. The van der Waals surface area contributed by atoms with Crippen molar-refractivity contribution in [1.82, 2.24) is 20.1 Å². The van der Waals surface area contributed by atoms with Gasteiger partial charge in [-0.1, -0.05) is 45.7 Å². The first-order chi connectivity index (χ1) is 14.1. The fourth-order valence-corrected chi connectivity index (χ4v) is 3.62. The van der Waals surface area contributed by atoms with Crippen LogP contribution in [0.5, 0.6) is 5.75 Å². The van der Waals surface area contributed by atoms with E-state index in [0.717, 1.165) is 21.5 Å². The highest BCUT2D eigenvalue weighted by Gasteiger charge is 2.17. The van der Waals surface area contributed by atoms with Gasteiger partial charge in [0.1, 0.15) is 5.75 Å². The van der Waals surface area contributed by atoms with E-state index in [0.29, 0.717) is 17.6 Å². The van der Waals surface area contributed by atoms with Crippen LogP contribution in [0, 0.1) is 12.3 Å². The van der Waals surface area contributed by atoms with Crippen LogP contribution in [0.25, 0.3) is 17.1 Å². The molecule has 148 valence electrons. The Morgan fingerprint density at radius 2 is 1.93 bits per heavy atom. The molecule has 3 rings (SSSR count). The Morgan fingerprint density at radius 3 is 2.59 bits per heavy atom. The van der Waals surface area contributed by atoms with Crippen molar-refractivity contribution < 1.29 is 9.53 Å². The van der Waals surface area contributed by atoms with Crippen LogP contribution < -0.4 is 10.1 Å². The Labute approximate surface area is 182 Å². The maximum atomic E-state index is 11.9. The maximum absolute atomic E-state index is 11.9. The summed E-state index contributed by atoms with van der Waals surface area (Å²) < 4.78 is 8.44. The number of nitrogens with one attached hydrogen (secondary N) is 1. The number of aromatic nitrogens is 3. The minimum atomic E-state index is -0.153. The number of thioether (sulfide) groups is 1. The van der Waals surface area contributed by atoms with Gasteiger partial charge in [-0.2, -0.15) is 0 Å². The standard InChI is InChI=1S/C21H19BrN4O2S/c1-3-13-23-19(27)14-29-21-25-24-20(15-5-7-16(22)8-6-15)26(21)17-9-11-18(12-10-17)28-4-2/h1,5-12H,4,13-14H2,2H3,(H,23,27). The van der Waals surface area contributed by atoms with Gasteiger partial charge in [-0.05, 0) is 43.3 Å². The molecule has 2 aromatic carbocycles. The van der Waals surface area contributed by atoms with Gasteiger partial charge in [-0.25, -0.2) is 0 Å². The zero-order valence-corrected chi connectivity index (χ0v) is 18.2. The molecule has 0 saturated carbocycles. The quantitative estimate of drug-likeness (QED) is 0.398. The van der Waals surface area contributed by atoms with Crippen LogP contribution in [0.15, 0.2) is 58.2 Å². The van der Waals surface area contributed by atoms with Gasteiger partial charge in [0.15, 0.2) is 11.0 Å². The summed E-state index contributed by atoms with van der Waals surface area (Å²) in [7, 11) is 0. The third-order valence-electron chi connectivity index (χ3n) is 3.86. The monoisotopic (exact) mass is 470 g/mol. The van der Waals surface area contributed by atoms with Crippen molar-refractivity contribution in [3.63, 3.8) is 0 Å². The summed E-state index contributed by atoms with van der Waals surface area (Å²) in [5, 5.41) is 12.0. The van der Waals surface area contributed by atoms with E-state index in [4.69, 9.17) is 11.2 Å². The normalized spacial score (nSPS) is 10.4. The Morgan fingerprint density at radius 1 is 1.21 bits per heavy atom. The zero-order chi connectivity index (χ0) is 20.6. The minimum absolute atomic E-state index is 0.153. The molecule has 0 bridgehead atoms. The molecule has 0 radical (unpaired) electrons. The van der Waals surface area contributed by atoms with Crippen LogP contribution in [-0.4, -0.2) is 39.6 Å². The molecule has 0 aliphatic rings. The molecule has 8 heteroatoms. The Hall–Kier alpha value is -2.76. The number of amides is 1. The summed E-state index contributed by atoms with van der Waals surface area (Å²) in [6, 6.07) is 15.5. The number of benzene rings is 2. The predicted molar refractivity (Wildman–Crippen MR) is 118 cm³/mol. The number of halogens is 1. The Balaban J connectivity index is 1.95. The van der Waals surface area contributed by atoms with E-state index in [1.165, 1.54) is 11.8 Å². The molecule has 0 unspecified atom stereocenters. The molecule has 0 aliphatic carbocycles. The van der Waals surface area contributed by atoms with Gasteiger partial charge in [-0.3, -0.25) is 9.36 Å². The van der Waals surface area contributed by atoms with Crippen molar-refractivity contribution in [2.75, 3.05) is 18.9 Å². The molecule has 1 heterocycles. The van der Waals surface area contributed by atoms with Gasteiger partial charge in [-0.15, -0.1) is 16.6 Å². The smallest absolute Gasteiger partial charge is 0.231 e. The van der Waals surface area contributed by atoms with Crippen molar-refractivity contribution in [3.8, 4) is 35.2 Å². The highest BCUT2D eigenvalue weighted by molar-refractivity contribution is 9.10. The molecule has 1 N–H and O–H groups in total. The van der Waals surface area contributed by atoms with Crippen molar-refractivity contribution in [2.24, 2.45) is 0 Å². The molecule has 0 aliphatic heterocycles. The van der Waals surface area contributed by atoms with Gasteiger partial charge in [0, 0.05) is 15.7 Å². The number of carbonyl (C=O) groups excluding carboxylic acids is 1. The molecule has 1 amide bonds. The molecular weight excluding hydrogens is 452 g/mol. The van der Waals surface area contributed by atoms with E-state index < -0.39 is 0 Å². The minimum Gasteiger partial charge on any atom is -0.494 e. The van der Waals surface area contributed by atoms with E-state index in [2.05, 4.69) is 37.4 Å². The molecular formula is C21H19BrN4O2S. The van der Waals surface area contributed by atoms with Crippen molar-refractivity contribution in [1.29, 1.82) is 0 Å². The van der Waals surface area contributed by atoms with E-state index in [9.17, 15) is 4.79 Å². The highest BCUT2D eigenvalue weighted by atomic mass is 79.9. The van der Waals surface area contributed by atoms with Crippen molar-refractivity contribution in [3.05, 3.63) is 53.0 Å². The van der Waals surface area contributed by atoms with Gasteiger partial charge in [0.05, 0.1) is 18.9 Å². The van der Waals surface area contributed by atoms with Crippen LogP contribution >= 0.6 is 27.7 Å². The van der Waals surface area contributed by atoms with Gasteiger partial charge >= 0.3 is 0 Å². The van der Waals surface area contributed by atoms with E-state index >= 15 is 0 Å². The highest BCUT2D eigenvalue weighted by Crippen LogP contribution is 2.29. The topological polar surface area (TPSA) is 69.0 Å². The van der Waals surface area contributed by atoms with Crippen LogP contribution in [0.4, 0.5) is 0 Å². The summed E-state index contributed by atoms with van der Waals surface area (Å²) in [5.74, 6) is 3.91.